The van der Waals surface area contributed by atoms with Gasteiger partial charge in [-0.05, 0) is 37.0 Å². The number of sulfonamides is 1. The van der Waals surface area contributed by atoms with Crippen LogP contribution < -0.4 is 4.72 Å². The molecule has 1 aromatic carbocycles. The van der Waals surface area contributed by atoms with E-state index in [2.05, 4.69) is 30.6 Å². The molecule has 0 atom stereocenters. The van der Waals surface area contributed by atoms with Crippen molar-refractivity contribution in [2.45, 2.75) is 51.5 Å². The van der Waals surface area contributed by atoms with E-state index in [1.807, 2.05) is 19.1 Å². The Morgan fingerprint density at radius 2 is 1.77 bits per heavy atom. The lowest BCUT2D eigenvalue weighted by molar-refractivity contribution is 0.587. The molecule has 6 heteroatoms. The van der Waals surface area contributed by atoms with Gasteiger partial charge in [0, 0.05) is 12.7 Å². The van der Waals surface area contributed by atoms with Gasteiger partial charge in [0.15, 0.2) is 0 Å². The van der Waals surface area contributed by atoms with Gasteiger partial charge >= 0.3 is 0 Å². The minimum atomic E-state index is -3.60. The van der Waals surface area contributed by atoms with E-state index in [4.69, 9.17) is 0 Å². The van der Waals surface area contributed by atoms with Crippen molar-refractivity contribution in [3.05, 3.63) is 41.7 Å². The van der Waals surface area contributed by atoms with Crippen molar-refractivity contribution in [3.8, 4) is 0 Å². The molecule has 0 saturated carbocycles. The lowest BCUT2D eigenvalue weighted by Gasteiger charge is -2.19. The van der Waals surface area contributed by atoms with Crippen molar-refractivity contribution >= 4 is 15.7 Å². The summed E-state index contributed by atoms with van der Waals surface area (Å²) < 4.78 is 29.2. The Bertz CT molecular complexity index is 754. The van der Waals surface area contributed by atoms with Crippen LogP contribution in [0, 0.1) is 6.92 Å². The fraction of sp³-hybridized carbons (Fsp3) is 0.438. The molecule has 22 heavy (non-hydrogen) atoms. The molecule has 0 fully saturated rings. The van der Waals surface area contributed by atoms with Gasteiger partial charge in [0.1, 0.15) is 0 Å². The molecule has 2 aromatic rings. The maximum atomic E-state index is 12.5. The molecule has 0 amide bonds. The van der Waals surface area contributed by atoms with Crippen LogP contribution in [-0.2, 0) is 22.0 Å². The van der Waals surface area contributed by atoms with Crippen molar-refractivity contribution < 1.29 is 8.42 Å². The number of anilines is 1. The van der Waals surface area contributed by atoms with Crippen molar-refractivity contribution in [2.24, 2.45) is 0 Å². The maximum Gasteiger partial charge on any atom is 0.262 e. The first-order valence-electron chi connectivity index (χ1n) is 7.31. The molecule has 0 radical (unpaired) electrons. The van der Waals surface area contributed by atoms with Crippen LogP contribution in [0.1, 0.15) is 39.0 Å². The first kappa shape index (κ1) is 16.5. The molecule has 0 saturated heterocycles. The van der Waals surface area contributed by atoms with Crippen LogP contribution in [0.3, 0.4) is 0 Å². The maximum absolute atomic E-state index is 12.5. The summed E-state index contributed by atoms with van der Waals surface area (Å²) in [7, 11) is -3.60. The molecule has 0 aliphatic rings. The molecule has 5 nitrogen and oxygen atoms in total. The van der Waals surface area contributed by atoms with Gasteiger partial charge in [-0.25, -0.2) is 8.42 Å². The Kier molecular flexibility index (Phi) is 4.33. The number of aromatic nitrogens is 2. The van der Waals surface area contributed by atoms with Crippen LogP contribution in [-0.4, -0.2) is 18.2 Å². The predicted octanol–water partition coefficient (Wildman–Crippen LogP) is 3.31. The molecule has 1 N–H and O–H groups in total. The van der Waals surface area contributed by atoms with Crippen LogP contribution >= 0.6 is 0 Å². The normalized spacial score (nSPS) is 12.4. The van der Waals surface area contributed by atoms with Crippen molar-refractivity contribution in [3.63, 3.8) is 0 Å². The number of nitrogens with one attached hydrogen (secondary N) is 1. The lowest BCUT2D eigenvalue weighted by Crippen LogP contribution is -2.15. The van der Waals surface area contributed by atoms with E-state index in [1.165, 1.54) is 0 Å². The zero-order valence-corrected chi connectivity index (χ0v) is 14.5. The summed E-state index contributed by atoms with van der Waals surface area (Å²) in [6.45, 7) is 10.7. The van der Waals surface area contributed by atoms with Crippen LogP contribution in [0.2, 0.25) is 0 Å². The number of hydrogen-bond acceptors (Lipinski definition) is 3. The van der Waals surface area contributed by atoms with Crippen LogP contribution in [0.5, 0.6) is 0 Å². The summed E-state index contributed by atoms with van der Waals surface area (Å²) in [4.78, 5) is 0.254. The third-order valence-electron chi connectivity index (χ3n) is 3.55. The Morgan fingerprint density at radius 1 is 1.18 bits per heavy atom. The van der Waals surface area contributed by atoms with E-state index >= 15 is 0 Å². The Morgan fingerprint density at radius 3 is 2.23 bits per heavy atom. The quantitative estimate of drug-likeness (QED) is 0.939. The molecule has 0 spiro atoms. The summed E-state index contributed by atoms with van der Waals surface area (Å²) in [5.74, 6) is 0. The monoisotopic (exact) mass is 321 g/mol. The number of aryl methyl sites for hydroxylation is 2. The second-order valence-electron chi connectivity index (χ2n) is 6.36. The molecule has 0 bridgehead atoms. The van der Waals surface area contributed by atoms with E-state index in [9.17, 15) is 8.42 Å². The molecular formula is C16H23N3O2S. The van der Waals surface area contributed by atoms with Crippen LogP contribution in [0.25, 0.3) is 0 Å². The molecule has 0 aliphatic carbocycles. The van der Waals surface area contributed by atoms with E-state index < -0.39 is 10.0 Å². The lowest BCUT2D eigenvalue weighted by atomic mass is 9.87. The molecule has 1 aromatic heterocycles. The smallest absolute Gasteiger partial charge is 0.262 e. The van der Waals surface area contributed by atoms with Crippen molar-refractivity contribution in [2.75, 3.05) is 4.72 Å². The SMILES string of the molecule is CCn1cc(NS(=O)(=O)c2ccc(C(C)(C)C)cc2)c(C)n1. The Labute approximate surface area is 132 Å². The second kappa shape index (κ2) is 5.76. The van der Waals surface area contributed by atoms with E-state index in [0.717, 1.165) is 5.56 Å². The summed E-state index contributed by atoms with van der Waals surface area (Å²) in [5.41, 5.74) is 2.27. The first-order valence-corrected chi connectivity index (χ1v) is 8.79. The van der Waals surface area contributed by atoms with Gasteiger partial charge < -0.3 is 0 Å². The van der Waals surface area contributed by atoms with Gasteiger partial charge in [-0.3, -0.25) is 9.40 Å². The number of nitrogens with zero attached hydrogens (tertiary/aromatic N) is 2. The molecule has 120 valence electrons. The van der Waals surface area contributed by atoms with Gasteiger partial charge in [0.25, 0.3) is 10.0 Å². The Hall–Kier alpha value is -1.82. The highest BCUT2D eigenvalue weighted by Gasteiger charge is 2.19. The minimum absolute atomic E-state index is 0.00538. The molecular weight excluding hydrogens is 298 g/mol. The Balaban J connectivity index is 2.28. The third kappa shape index (κ3) is 3.50. The summed E-state index contributed by atoms with van der Waals surface area (Å²) in [6, 6.07) is 7.00. The zero-order chi connectivity index (χ0) is 16.5. The summed E-state index contributed by atoms with van der Waals surface area (Å²) >= 11 is 0. The van der Waals surface area contributed by atoms with Gasteiger partial charge in [-0.1, -0.05) is 32.9 Å². The third-order valence-corrected chi connectivity index (χ3v) is 4.93. The summed E-state index contributed by atoms with van der Waals surface area (Å²) in [5, 5.41) is 4.24. The molecule has 0 aliphatic heterocycles. The number of benzene rings is 1. The highest BCUT2D eigenvalue weighted by atomic mass is 32.2. The second-order valence-corrected chi connectivity index (χ2v) is 8.05. The number of hydrogen-bond donors (Lipinski definition) is 1. The van der Waals surface area contributed by atoms with Gasteiger partial charge in [-0.15, -0.1) is 0 Å². The zero-order valence-electron chi connectivity index (χ0n) is 13.7. The number of rotatable bonds is 4. The first-order chi connectivity index (χ1) is 10.1. The average molecular weight is 321 g/mol. The van der Waals surface area contributed by atoms with Crippen LogP contribution in [0.4, 0.5) is 5.69 Å². The molecule has 1 heterocycles. The average Bonchev–Trinajstić information content (AvgIpc) is 2.78. The van der Waals surface area contributed by atoms with Crippen molar-refractivity contribution in [1.29, 1.82) is 0 Å². The fourth-order valence-corrected chi connectivity index (χ4v) is 3.22. The van der Waals surface area contributed by atoms with E-state index in [1.54, 1.807) is 29.9 Å². The van der Waals surface area contributed by atoms with E-state index in [0.29, 0.717) is 17.9 Å². The summed E-state index contributed by atoms with van der Waals surface area (Å²) in [6.07, 6.45) is 1.70. The fourth-order valence-electron chi connectivity index (χ4n) is 2.12. The van der Waals surface area contributed by atoms with Gasteiger partial charge in [-0.2, -0.15) is 5.10 Å². The molecule has 2 rings (SSSR count). The largest absolute Gasteiger partial charge is 0.276 e. The molecule has 0 unspecified atom stereocenters. The standard InChI is InChI=1S/C16H23N3O2S/c1-6-19-11-15(12(2)17-19)18-22(20,21)14-9-7-13(8-10-14)16(3,4)5/h7-11,18H,6H2,1-5H3. The highest BCUT2D eigenvalue weighted by Crippen LogP contribution is 2.24. The topological polar surface area (TPSA) is 64.0 Å². The van der Waals surface area contributed by atoms with Gasteiger partial charge in [0.2, 0.25) is 0 Å². The van der Waals surface area contributed by atoms with E-state index in [-0.39, 0.29) is 10.3 Å². The minimum Gasteiger partial charge on any atom is -0.276 e. The van der Waals surface area contributed by atoms with Crippen LogP contribution in [0.15, 0.2) is 35.4 Å². The predicted molar refractivity (Wildman–Crippen MR) is 88.6 cm³/mol. The van der Waals surface area contributed by atoms with Crippen molar-refractivity contribution in [1.82, 2.24) is 9.78 Å². The van der Waals surface area contributed by atoms with Gasteiger partial charge in [0.05, 0.1) is 16.3 Å². The highest BCUT2D eigenvalue weighted by molar-refractivity contribution is 7.92.